The number of nitrogens with one attached hydrogen (secondary N) is 2. The lowest BCUT2D eigenvalue weighted by molar-refractivity contribution is -0.137. The average molecular weight is 658 g/mol. The maximum atomic E-state index is 13.7. The van der Waals surface area contributed by atoms with Gasteiger partial charge in [-0.25, -0.2) is 4.98 Å². The molecule has 0 unspecified atom stereocenters. The Morgan fingerprint density at radius 3 is 2.62 bits per heavy atom. The molecule has 48 heavy (non-hydrogen) atoms. The zero-order valence-electron chi connectivity index (χ0n) is 27.6. The summed E-state index contributed by atoms with van der Waals surface area (Å²) in [5.41, 5.74) is 3.18. The van der Waals surface area contributed by atoms with Crippen LogP contribution in [-0.4, -0.2) is 96.2 Å². The lowest BCUT2D eigenvalue weighted by Crippen LogP contribution is -2.41. The second-order valence-corrected chi connectivity index (χ2v) is 13.0. The summed E-state index contributed by atoms with van der Waals surface area (Å²) in [6.07, 6.45) is 6.71. The van der Waals surface area contributed by atoms with Gasteiger partial charge in [-0.05, 0) is 81.3 Å². The SMILES string of the molecule is COc1ccc2cc1-c1cc3c(c(c1)OCCCN(C(=O)[C@@H]1C[C@@H]4CC[C@H]1O4)CCCCNC2=O)OCCN(C(=O)c1cnc(C)[nH]1)C3. The summed E-state index contributed by atoms with van der Waals surface area (Å²) in [6.45, 7) is 4.80. The van der Waals surface area contributed by atoms with Crippen molar-refractivity contribution in [1.82, 2.24) is 25.1 Å². The number of benzene rings is 2. The van der Waals surface area contributed by atoms with Gasteiger partial charge in [-0.15, -0.1) is 0 Å². The van der Waals surface area contributed by atoms with E-state index < -0.39 is 0 Å². The number of aromatic nitrogens is 2. The number of H-pyrrole nitrogens is 1. The molecule has 2 aromatic carbocycles. The van der Waals surface area contributed by atoms with E-state index in [0.717, 1.165) is 48.8 Å². The van der Waals surface area contributed by atoms with E-state index in [1.807, 2.05) is 30.0 Å². The smallest absolute Gasteiger partial charge is 0.272 e. The number of carbonyl (C=O) groups is 3. The molecule has 4 aliphatic rings. The molecule has 0 saturated carbocycles. The highest BCUT2D eigenvalue weighted by Crippen LogP contribution is 2.42. The van der Waals surface area contributed by atoms with E-state index in [2.05, 4.69) is 15.3 Å². The number of aromatic amines is 1. The minimum Gasteiger partial charge on any atom is -0.496 e. The monoisotopic (exact) mass is 657 g/mol. The Bertz CT molecular complexity index is 1690. The minimum atomic E-state index is -0.184. The van der Waals surface area contributed by atoms with Crippen molar-refractivity contribution in [3.05, 3.63) is 59.2 Å². The standard InChI is InChI=1S/C36H43N5O7/c1-22-38-20-29(39-22)36(44)41-13-15-47-33-25(21-41)16-24-18-32(33)46-14-5-12-40(35(43)28-19-26-7-9-31(28)48-26)11-4-3-10-37-34(42)23-6-8-30(45-2)27(24)17-23/h6,8,16-18,20,26,28,31H,3-5,7,9-15,19,21H2,1-2H3,(H,37,42)(H,38,39)/t26-,28+,31+/m0/s1. The third-order valence-corrected chi connectivity index (χ3v) is 9.80. The van der Waals surface area contributed by atoms with E-state index in [0.29, 0.717) is 73.5 Å². The maximum absolute atomic E-state index is 13.7. The Morgan fingerprint density at radius 1 is 0.979 bits per heavy atom. The summed E-state index contributed by atoms with van der Waals surface area (Å²) in [5, 5.41) is 3.04. The van der Waals surface area contributed by atoms with Gasteiger partial charge in [0.05, 0.1) is 44.6 Å². The Labute approximate surface area is 280 Å². The lowest BCUT2D eigenvalue weighted by atomic mass is 9.88. The van der Waals surface area contributed by atoms with Gasteiger partial charge in [0.15, 0.2) is 11.5 Å². The second-order valence-electron chi connectivity index (χ2n) is 13.0. The number of fused-ring (bicyclic) bond motifs is 9. The van der Waals surface area contributed by atoms with Gasteiger partial charge in [0.1, 0.15) is 23.9 Å². The predicted octanol–water partition coefficient (Wildman–Crippen LogP) is 4.12. The molecule has 3 atom stereocenters. The number of aryl methyl sites for hydroxylation is 1. The van der Waals surface area contributed by atoms with Crippen LogP contribution < -0.4 is 19.5 Å². The summed E-state index contributed by atoms with van der Waals surface area (Å²) in [6, 6.07) is 9.24. The maximum Gasteiger partial charge on any atom is 0.272 e. The third kappa shape index (κ3) is 6.58. The highest BCUT2D eigenvalue weighted by atomic mass is 16.5. The zero-order chi connectivity index (χ0) is 33.2. The Morgan fingerprint density at radius 2 is 1.85 bits per heavy atom. The summed E-state index contributed by atoms with van der Waals surface area (Å²) in [7, 11) is 1.60. The van der Waals surface area contributed by atoms with E-state index in [1.165, 1.54) is 0 Å². The number of nitrogens with zero attached hydrogens (tertiary/aromatic N) is 3. The fourth-order valence-corrected chi connectivity index (χ4v) is 7.33. The summed E-state index contributed by atoms with van der Waals surface area (Å²) < 4.78 is 24.5. The third-order valence-electron chi connectivity index (χ3n) is 9.80. The topological polar surface area (TPSA) is 135 Å². The molecule has 12 heteroatoms. The first-order valence-corrected chi connectivity index (χ1v) is 17.0. The Hall–Kier alpha value is -4.58. The van der Waals surface area contributed by atoms with Crippen LogP contribution in [0.1, 0.15) is 70.8 Å². The molecule has 2 saturated heterocycles. The molecule has 1 aromatic heterocycles. The number of hydrogen-bond acceptors (Lipinski definition) is 8. The molecule has 2 N–H and O–H groups in total. The van der Waals surface area contributed by atoms with Gasteiger partial charge in [-0.2, -0.15) is 0 Å². The molecular weight excluding hydrogens is 614 g/mol. The molecule has 12 nitrogen and oxygen atoms in total. The molecular formula is C36H43N5O7. The zero-order valence-corrected chi connectivity index (χ0v) is 27.6. The van der Waals surface area contributed by atoms with Crippen LogP contribution in [0.2, 0.25) is 0 Å². The van der Waals surface area contributed by atoms with Crippen LogP contribution in [0.25, 0.3) is 11.1 Å². The second kappa shape index (κ2) is 13.9. The quantitative estimate of drug-likeness (QED) is 0.430. The lowest BCUT2D eigenvalue weighted by Gasteiger charge is -2.28. The number of methoxy groups -OCH3 is 1. The van der Waals surface area contributed by atoms with E-state index in [4.69, 9.17) is 18.9 Å². The number of amides is 3. The van der Waals surface area contributed by atoms with Gasteiger partial charge in [0, 0.05) is 42.9 Å². The highest BCUT2D eigenvalue weighted by Gasteiger charge is 2.45. The van der Waals surface area contributed by atoms with Crippen LogP contribution in [0.3, 0.4) is 0 Å². The van der Waals surface area contributed by atoms with Crippen molar-refractivity contribution in [2.24, 2.45) is 5.92 Å². The normalized spacial score (nSPS) is 22.9. The van der Waals surface area contributed by atoms with Crippen molar-refractivity contribution >= 4 is 17.7 Å². The van der Waals surface area contributed by atoms with Crippen molar-refractivity contribution < 1.29 is 33.3 Å². The highest BCUT2D eigenvalue weighted by molar-refractivity contribution is 5.96. The first-order valence-electron chi connectivity index (χ1n) is 17.0. The van der Waals surface area contributed by atoms with E-state index in [-0.39, 0.29) is 49.0 Å². The summed E-state index contributed by atoms with van der Waals surface area (Å²) in [4.78, 5) is 51.4. The van der Waals surface area contributed by atoms with Gasteiger partial charge in [-0.3, -0.25) is 14.4 Å². The van der Waals surface area contributed by atoms with Gasteiger partial charge in [0.25, 0.3) is 11.8 Å². The molecule has 7 rings (SSSR count). The first kappa shape index (κ1) is 32.0. The summed E-state index contributed by atoms with van der Waals surface area (Å²) in [5.74, 6) is 2.09. The van der Waals surface area contributed by atoms with Gasteiger partial charge in [0.2, 0.25) is 5.91 Å². The average Bonchev–Trinajstić information content (AvgIpc) is 3.82. The van der Waals surface area contributed by atoms with Crippen LogP contribution in [0.5, 0.6) is 17.2 Å². The summed E-state index contributed by atoms with van der Waals surface area (Å²) >= 11 is 0. The minimum absolute atomic E-state index is 0.0215. The van der Waals surface area contributed by atoms with Crippen molar-refractivity contribution in [2.75, 3.05) is 46.5 Å². The van der Waals surface area contributed by atoms with Crippen LogP contribution in [-0.2, 0) is 16.1 Å². The molecule has 0 spiro atoms. The molecule has 5 heterocycles. The largest absolute Gasteiger partial charge is 0.496 e. The van der Waals surface area contributed by atoms with Crippen LogP contribution in [0.15, 0.2) is 36.5 Å². The number of carbonyl (C=O) groups excluding carboxylic acids is 3. The molecule has 0 radical (unpaired) electrons. The van der Waals surface area contributed by atoms with Crippen molar-refractivity contribution in [3.63, 3.8) is 0 Å². The molecule has 4 aliphatic heterocycles. The number of ether oxygens (including phenoxy) is 4. The number of rotatable bonds is 3. The molecule has 254 valence electrons. The van der Waals surface area contributed by atoms with Crippen molar-refractivity contribution in [2.45, 2.75) is 64.2 Å². The van der Waals surface area contributed by atoms with Gasteiger partial charge in [-0.1, -0.05) is 0 Å². The molecule has 6 bridgehead atoms. The predicted molar refractivity (Wildman–Crippen MR) is 176 cm³/mol. The first-order chi connectivity index (χ1) is 23.4. The fraction of sp³-hybridized carbons (Fsp3) is 0.500. The molecule has 3 amide bonds. The van der Waals surface area contributed by atoms with Crippen molar-refractivity contribution in [3.8, 4) is 28.4 Å². The van der Waals surface area contributed by atoms with Crippen LogP contribution in [0.4, 0.5) is 0 Å². The van der Waals surface area contributed by atoms with Crippen LogP contribution >= 0.6 is 0 Å². The fourth-order valence-electron chi connectivity index (χ4n) is 7.33. The molecule has 0 aliphatic carbocycles. The number of imidazole rings is 1. The van der Waals surface area contributed by atoms with Gasteiger partial charge >= 0.3 is 0 Å². The van der Waals surface area contributed by atoms with E-state index in [9.17, 15) is 14.4 Å². The number of hydrogen-bond donors (Lipinski definition) is 2. The van der Waals surface area contributed by atoms with E-state index in [1.54, 1.807) is 30.3 Å². The van der Waals surface area contributed by atoms with Gasteiger partial charge < -0.3 is 39.0 Å². The van der Waals surface area contributed by atoms with Crippen LogP contribution in [0, 0.1) is 12.8 Å². The molecule has 2 fully saturated rings. The molecule has 3 aromatic rings. The Kier molecular flexibility index (Phi) is 9.25. The van der Waals surface area contributed by atoms with Crippen molar-refractivity contribution in [1.29, 1.82) is 0 Å². The Balaban J connectivity index is 1.20. The van der Waals surface area contributed by atoms with E-state index >= 15 is 0 Å².